The van der Waals surface area contributed by atoms with Gasteiger partial charge in [0.25, 0.3) is 0 Å². The third-order valence-corrected chi connectivity index (χ3v) is 4.04. The molecule has 0 amide bonds. The van der Waals surface area contributed by atoms with Gasteiger partial charge in [-0.2, -0.15) is 0 Å². The first-order valence-electron chi connectivity index (χ1n) is 6.08. The van der Waals surface area contributed by atoms with Crippen LogP contribution in [0.15, 0.2) is 0 Å². The molecule has 0 N–H and O–H groups in total. The molecule has 3 aliphatic rings. The van der Waals surface area contributed by atoms with Crippen molar-refractivity contribution in [1.29, 1.82) is 0 Å². The van der Waals surface area contributed by atoms with Gasteiger partial charge >= 0.3 is 0 Å². The van der Waals surface area contributed by atoms with Crippen LogP contribution in [0.2, 0.25) is 0 Å². The van der Waals surface area contributed by atoms with E-state index in [1.54, 1.807) is 7.11 Å². The van der Waals surface area contributed by atoms with E-state index in [0.29, 0.717) is 5.92 Å². The van der Waals surface area contributed by atoms with Gasteiger partial charge in [0, 0.05) is 7.11 Å². The fourth-order valence-corrected chi connectivity index (χ4v) is 3.21. The van der Waals surface area contributed by atoms with E-state index in [9.17, 15) is 0 Å². The predicted octanol–water partition coefficient (Wildman–Crippen LogP) is 1.68. The molecular weight excluding hydrogens is 208 g/mol. The summed E-state index contributed by atoms with van der Waals surface area (Å²) < 4.78 is 23.2. The molecule has 2 aliphatic heterocycles. The van der Waals surface area contributed by atoms with Gasteiger partial charge in [0.15, 0.2) is 12.1 Å². The number of rotatable bonds is 2. The average Bonchev–Trinajstić information content (AvgIpc) is 2.75. The molecule has 16 heavy (non-hydrogen) atoms. The molecule has 1 saturated carbocycles. The lowest BCUT2D eigenvalue weighted by atomic mass is 10.1. The SMILES string of the molecule is CC[C@@H]1C[C@@]12O[C@@H](OC)C1OC(C)(C)O[C@H]12. The van der Waals surface area contributed by atoms with Crippen LogP contribution in [-0.4, -0.2) is 37.0 Å². The van der Waals surface area contributed by atoms with Crippen molar-refractivity contribution in [2.24, 2.45) is 5.92 Å². The lowest BCUT2D eigenvalue weighted by Gasteiger charge is -2.24. The number of ether oxygens (including phenoxy) is 4. The number of methoxy groups -OCH3 is 1. The summed E-state index contributed by atoms with van der Waals surface area (Å²) in [6.07, 6.45) is 1.89. The molecule has 0 aromatic rings. The third kappa shape index (κ3) is 1.30. The first kappa shape index (κ1) is 11.0. The third-order valence-electron chi connectivity index (χ3n) is 4.04. The largest absolute Gasteiger partial charge is 0.353 e. The van der Waals surface area contributed by atoms with Crippen LogP contribution >= 0.6 is 0 Å². The highest BCUT2D eigenvalue weighted by atomic mass is 16.8. The molecule has 1 unspecified atom stereocenters. The van der Waals surface area contributed by atoms with Crippen molar-refractivity contribution in [3.05, 3.63) is 0 Å². The molecule has 5 atom stereocenters. The first-order chi connectivity index (χ1) is 7.52. The van der Waals surface area contributed by atoms with Gasteiger partial charge in [-0.05, 0) is 26.2 Å². The fourth-order valence-electron chi connectivity index (χ4n) is 3.21. The van der Waals surface area contributed by atoms with Gasteiger partial charge in [0.2, 0.25) is 0 Å². The molecule has 4 nitrogen and oxygen atoms in total. The van der Waals surface area contributed by atoms with Crippen LogP contribution in [0.3, 0.4) is 0 Å². The Morgan fingerprint density at radius 2 is 2.00 bits per heavy atom. The van der Waals surface area contributed by atoms with Gasteiger partial charge in [0.1, 0.15) is 17.8 Å². The average molecular weight is 228 g/mol. The Hall–Kier alpha value is -0.160. The van der Waals surface area contributed by atoms with Gasteiger partial charge in [-0.25, -0.2) is 0 Å². The molecule has 1 spiro atoms. The second kappa shape index (κ2) is 3.19. The molecule has 0 aromatic carbocycles. The lowest BCUT2D eigenvalue weighted by molar-refractivity contribution is -0.234. The summed E-state index contributed by atoms with van der Waals surface area (Å²) in [6, 6.07) is 0. The van der Waals surface area contributed by atoms with Crippen LogP contribution < -0.4 is 0 Å². The van der Waals surface area contributed by atoms with Crippen molar-refractivity contribution in [2.45, 2.75) is 63.5 Å². The summed E-state index contributed by atoms with van der Waals surface area (Å²) in [5.74, 6) is 0.0849. The Morgan fingerprint density at radius 1 is 1.25 bits per heavy atom. The normalized spacial score (nSPS) is 53.2. The van der Waals surface area contributed by atoms with E-state index in [1.807, 2.05) is 13.8 Å². The Balaban J connectivity index is 1.85. The van der Waals surface area contributed by atoms with Crippen LogP contribution in [0.1, 0.15) is 33.6 Å². The van der Waals surface area contributed by atoms with Gasteiger partial charge in [0.05, 0.1) is 0 Å². The highest BCUT2D eigenvalue weighted by Gasteiger charge is 2.72. The molecule has 4 heteroatoms. The molecule has 3 fully saturated rings. The highest BCUT2D eigenvalue weighted by Crippen LogP contribution is 2.61. The number of hydrogen-bond acceptors (Lipinski definition) is 4. The van der Waals surface area contributed by atoms with E-state index in [0.717, 1.165) is 12.8 Å². The summed E-state index contributed by atoms with van der Waals surface area (Å²) in [4.78, 5) is 0. The molecular formula is C12H20O4. The maximum absolute atomic E-state index is 6.00. The minimum atomic E-state index is -0.510. The highest BCUT2D eigenvalue weighted by molar-refractivity contribution is 5.18. The molecule has 3 rings (SSSR count). The first-order valence-corrected chi connectivity index (χ1v) is 6.08. The van der Waals surface area contributed by atoms with Gasteiger partial charge in [-0.15, -0.1) is 0 Å². The van der Waals surface area contributed by atoms with Crippen molar-refractivity contribution in [3.63, 3.8) is 0 Å². The van der Waals surface area contributed by atoms with Crippen molar-refractivity contribution in [3.8, 4) is 0 Å². The monoisotopic (exact) mass is 228 g/mol. The van der Waals surface area contributed by atoms with Gasteiger partial charge in [-0.1, -0.05) is 13.3 Å². The summed E-state index contributed by atoms with van der Waals surface area (Å²) in [5.41, 5.74) is -0.131. The van der Waals surface area contributed by atoms with Crippen molar-refractivity contribution < 1.29 is 18.9 Å². The Bertz CT molecular complexity index is 303. The number of fused-ring (bicyclic) bond motifs is 2. The van der Waals surface area contributed by atoms with Crippen LogP contribution in [0.5, 0.6) is 0 Å². The molecule has 0 bridgehead atoms. The Labute approximate surface area is 96.2 Å². The summed E-state index contributed by atoms with van der Waals surface area (Å²) in [6.45, 7) is 6.10. The van der Waals surface area contributed by atoms with E-state index in [1.165, 1.54) is 0 Å². The van der Waals surface area contributed by atoms with Crippen molar-refractivity contribution in [1.82, 2.24) is 0 Å². The lowest BCUT2D eigenvalue weighted by Crippen LogP contribution is -2.32. The van der Waals surface area contributed by atoms with Crippen LogP contribution in [0, 0.1) is 5.92 Å². The zero-order chi connectivity index (χ0) is 11.6. The Kier molecular flexibility index (Phi) is 2.19. The molecule has 0 aromatic heterocycles. The van der Waals surface area contributed by atoms with Gasteiger partial charge < -0.3 is 18.9 Å². The second-order valence-electron chi connectivity index (χ2n) is 5.51. The molecule has 1 aliphatic carbocycles. The quantitative estimate of drug-likeness (QED) is 0.720. The summed E-state index contributed by atoms with van der Waals surface area (Å²) >= 11 is 0. The smallest absolute Gasteiger partial charge is 0.186 e. The van der Waals surface area contributed by atoms with Crippen LogP contribution in [0.4, 0.5) is 0 Å². The zero-order valence-electron chi connectivity index (χ0n) is 10.4. The van der Waals surface area contributed by atoms with Crippen LogP contribution in [0.25, 0.3) is 0 Å². The maximum Gasteiger partial charge on any atom is 0.186 e. The molecule has 0 radical (unpaired) electrons. The second-order valence-corrected chi connectivity index (χ2v) is 5.51. The van der Waals surface area contributed by atoms with Crippen molar-refractivity contribution in [2.75, 3.05) is 7.11 Å². The van der Waals surface area contributed by atoms with E-state index in [-0.39, 0.29) is 24.1 Å². The zero-order valence-corrected chi connectivity index (χ0v) is 10.4. The fraction of sp³-hybridized carbons (Fsp3) is 1.00. The van der Waals surface area contributed by atoms with E-state index in [2.05, 4.69) is 6.92 Å². The van der Waals surface area contributed by atoms with E-state index in [4.69, 9.17) is 18.9 Å². The summed E-state index contributed by atoms with van der Waals surface area (Å²) in [5, 5.41) is 0. The molecule has 92 valence electrons. The van der Waals surface area contributed by atoms with Crippen molar-refractivity contribution >= 4 is 0 Å². The summed E-state index contributed by atoms with van der Waals surface area (Å²) in [7, 11) is 1.67. The topological polar surface area (TPSA) is 36.9 Å². The van der Waals surface area contributed by atoms with E-state index >= 15 is 0 Å². The molecule has 2 saturated heterocycles. The minimum absolute atomic E-state index is 0.0393. The van der Waals surface area contributed by atoms with E-state index < -0.39 is 5.79 Å². The molecule has 2 heterocycles. The van der Waals surface area contributed by atoms with Gasteiger partial charge in [-0.3, -0.25) is 0 Å². The number of hydrogen-bond donors (Lipinski definition) is 0. The Morgan fingerprint density at radius 3 is 2.56 bits per heavy atom. The maximum atomic E-state index is 6.00. The standard InChI is InChI=1S/C12H20O4/c1-5-7-6-12(7)9-8(10(13-4)16-12)14-11(2,3)15-9/h7-10H,5-6H2,1-4H3/t7-,8?,9-,10-,12-/m1/s1. The minimum Gasteiger partial charge on any atom is -0.353 e. The predicted molar refractivity (Wildman–Crippen MR) is 56.8 cm³/mol. The van der Waals surface area contributed by atoms with Crippen LogP contribution in [-0.2, 0) is 18.9 Å².